The Morgan fingerprint density at radius 2 is 1.54 bits per heavy atom. The molecule has 0 bridgehead atoms. The van der Waals surface area contributed by atoms with Crippen LogP contribution >= 0.6 is 0 Å². The largest absolute Gasteiger partial charge is 0.493 e. The van der Waals surface area contributed by atoms with Gasteiger partial charge in [-0.2, -0.15) is 0 Å². The molecule has 2 aromatic carbocycles. The van der Waals surface area contributed by atoms with Gasteiger partial charge >= 0.3 is 0 Å². The van der Waals surface area contributed by atoms with Crippen molar-refractivity contribution < 1.29 is 9.47 Å². The Morgan fingerprint density at radius 1 is 0.875 bits per heavy atom. The summed E-state index contributed by atoms with van der Waals surface area (Å²) in [4.78, 5) is 0. The minimum absolute atomic E-state index is 0.468. The highest BCUT2D eigenvalue weighted by molar-refractivity contribution is 5.47. The molecule has 0 atom stereocenters. The third-order valence-electron chi connectivity index (χ3n) is 4.06. The van der Waals surface area contributed by atoms with E-state index in [2.05, 4.69) is 39.0 Å². The summed E-state index contributed by atoms with van der Waals surface area (Å²) in [7, 11) is 0. The highest BCUT2D eigenvalue weighted by atomic mass is 16.5. The molecule has 0 heterocycles. The minimum atomic E-state index is 0.468. The van der Waals surface area contributed by atoms with Gasteiger partial charge in [-0.25, -0.2) is 0 Å². The number of unbranched alkanes of at least 4 members (excludes halogenated alkanes) is 1. The smallest absolute Gasteiger partial charge is 0.124 e. The molecular formula is C21H29NO2. The molecule has 2 rings (SSSR count). The molecule has 0 aromatic heterocycles. The molecule has 0 aliphatic carbocycles. The second kappa shape index (κ2) is 8.62. The quantitative estimate of drug-likeness (QED) is 0.532. The number of aryl methyl sites for hydroxylation is 2. The van der Waals surface area contributed by atoms with Crippen molar-refractivity contribution in [1.82, 2.24) is 0 Å². The lowest BCUT2D eigenvalue weighted by Crippen LogP contribution is -2.05. The van der Waals surface area contributed by atoms with Crippen molar-refractivity contribution in [2.75, 3.05) is 18.9 Å². The summed E-state index contributed by atoms with van der Waals surface area (Å²) < 4.78 is 11.8. The van der Waals surface area contributed by atoms with Crippen molar-refractivity contribution in [2.24, 2.45) is 0 Å². The maximum Gasteiger partial charge on any atom is 0.124 e. The molecule has 3 nitrogen and oxygen atoms in total. The average Bonchev–Trinajstić information content (AvgIpc) is 2.53. The van der Waals surface area contributed by atoms with Gasteiger partial charge in [0.05, 0.1) is 13.2 Å². The van der Waals surface area contributed by atoms with Crippen LogP contribution in [-0.2, 0) is 0 Å². The van der Waals surface area contributed by atoms with Crippen molar-refractivity contribution in [1.29, 1.82) is 0 Å². The van der Waals surface area contributed by atoms with Gasteiger partial charge in [0, 0.05) is 11.8 Å². The standard InChI is InChI=1S/C21H29NO2/c1-15(2)19-10-7-16(3)13-21(19)24-12-6-5-11-23-20-14-18(22)9-8-17(20)4/h7-10,13-15H,5-6,11-12,22H2,1-4H3. The topological polar surface area (TPSA) is 44.5 Å². The molecular weight excluding hydrogens is 298 g/mol. The highest BCUT2D eigenvalue weighted by Crippen LogP contribution is 2.27. The minimum Gasteiger partial charge on any atom is -0.493 e. The number of anilines is 1. The third kappa shape index (κ3) is 5.19. The molecule has 0 fully saturated rings. The lowest BCUT2D eigenvalue weighted by atomic mass is 10.0. The van der Waals surface area contributed by atoms with E-state index in [1.165, 1.54) is 11.1 Å². The van der Waals surface area contributed by atoms with E-state index in [1.807, 2.05) is 25.1 Å². The van der Waals surface area contributed by atoms with E-state index in [9.17, 15) is 0 Å². The zero-order valence-corrected chi connectivity index (χ0v) is 15.3. The summed E-state index contributed by atoms with van der Waals surface area (Å²) in [6.07, 6.45) is 1.92. The highest BCUT2D eigenvalue weighted by Gasteiger charge is 2.08. The Bertz CT molecular complexity index is 665. The van der Waals surface area contributed by atoms with Crippen LogP contribution in [-0.4, -0.2) is 13.2 Å². The first-order valence-electron chi connectivity index (χ1n) is 8.69. The van der Waals surface area contributed by atoms with Crippen LogP contribution in [0.3, 0.4) is 0 Å². The molecule has 3 heteroatoms. The molecule has 0 amide bonds. The summed E-state index contributed by atoms with van der Waals surface area (Å²) in [6.45, 7) is 9.90. The molecule has 130 valence electrons. The SMILES string of the molecule is Cc1ccc(C(C)C)c(OCCCCOc2cc(N)ccc2C)c1. The van der Waals surface area contributed by atoms with E-state index in [4.69, 9.17) is 15.2 Å². The zero-order valence-electron chi connectivity index (χ0n) is 15.3. The van der Waals surface area contributed by atoms with Gasteiger partial charge in [0.25, 0.3) is 0 Å². The van der Waals surface area contributed by atoms with Crippen molar-refractivity contribution in [3.05, 3.63) is 53.1 Å². The number of hydrogen-bond donors (Lipinski definition) is 1. The van der Waals surface area contributed by atoms with Crippen molar-refractivity contribution in [3.63, 3.8) is 0 Å². The van der Waals surface area contributed by atoms with E-state index in [0.29, 0.717) is 19.1 Å². The Kier molecular flexibility index (Phi) is 6.53. The first-order chi connectivity index (χ1) is 11.5. The van der Waals surface area contributed by atoms with Gasteiger partial charge < -0.3 is 15.2 Å². The molecule has 2 aromatic rings. The Hall–Kier alpha value is -2.16. The number of ether oxygens (including phenoxy) is 2. The van der Waals surface area contributed by atoms with Gasteiger partial charge in [-0.05, 0) is 61.4 Å². The second-order valence-electron chi connectivity index (χ2n) is 6.62. The fraction of sp³-hybridized carbons (Fsp3) is 0.429. The molecule has 24 heavy (non-hydrogen) atoms. The Labute approximate surface area is 145 Å². The fourth-order valence-electron chi connectivity index (χ4n) is 2.58. The van der Waals surface area contributed by atoms with Crippen molar-refractivity contribution in [2.45, 2.75) is 46.5 Å². The van der Waals surface area contributed by atoms with Crippen LogP contribution in [0.4, 0.5) is 5.69 Å². The number of nitrogens with two attached hydrogens (primary N) is 1. The summed E-state index contributed by atoms with van der Waals surface area (Å²) in [5.41, 5.74) is 10.1. The van der Waals surface area contributed by atoms with E-state index in [-0.39, 0.29) is 0 Å². The molecule has 0 aliphatic heterocycles. The van der Waals surface area contributed by atoms with E-state index in [1.54, 1.807) is 0 Å². The Morgan fingerprint density at radius 3 is 2.21 bits per heavy atom. The molecule has 2 N–H and O–H groups in total. The summed E-state index contributed by atoms with van der Waals surface area (Å²) in [6, 6.07) is 12.2. The lowest BCUT2D eigenvalue weighted by Gasteiger charge is -2.15. The number of benzene rings is 2. The van der Waals surface area contributed by atoms with Crippen LogP contribution in [0.5, 0.6) is 11.5 Å². The average molecular weight is 327 g/mol. The summed E-state index contributed by atoms with van der Waals surface area (Å²) in [5, 5.41) is 0. The van der Waals surface area contributed by atoms with Gasteiger partial charge in [-0.15, -0.1) is 0 Å². The predicted molar refractivity (Wildman–Crippen MR) is 101 cm³/mol. The van der Waals surface area contributed by atoms with Crippen LogP contribution in [0, 0.1) is 13.8 Å². The van der Waals surface area contributed by atoms with E-state index < -0.39 is 0 Å². The van der Waals surface area contributed by atoms with Gasteiger partial charge in [0.15, 0.2) is 0 Å². The first-order valence-corrected chi connectivity index (χ1v) is 8.69. The maximum atomic E-state index is 6.00. The molecule has 0 radical (unpaired) electrons. The van der Waals surface area contributed by atoms with E-state index in [0.717, 1.165) is 35.6 Å². The molecule has 0 aliphatic rings. The van der Waals surface area contributed by atoms with Gasteiger partial charge in [-0.1, -0.05) is 32.0 Å². The predicted octanol–water partition coefficient (Wildman–Crippen LogP) is 5.25. The van der Waals surface area contributed by atoms with Crippen LogP contribution in [0.15, 0.2) is 36.4 Å². The zero-order chi connectivity index (χ0) is 17.5. The molecule has 0 unspecified atom stereocenters. The monoisotopic (exact) mass is 327 g/mol. The number of rotatable bonds is 8. The van der Waals surface area contributed by atoms with Crippen molar-refractivity contribution in [3.8, 4) is 11.5 Å². The fourth-order valence-corrected chi connectivity index (χ4v) is 2.58. The van der Waals surface area contributed by atoms with Crippen LogP contribution < -0.4 is 15.2 Å². The third-order valence-corrected chi connectivity index (χ3v) is 4.06. The van der Waals surface area contributed by atoms with Crippen LogP contribution in [0.1, 0.15) is 49.3 Å². The lowest BCUT2D eigenvalue weighted by molar-refractivity contribution is 0.264. The summed E-state index contributed by atoms with van der Waals surface area (Å²) >= 11 is 0. The van der Waals surface area contributed by atoms with E-state index >= 15 is 0 Å². The normalized spacial score (nSPS) is 10.9. The van der Waals surface area contributed by atoms with Crippen LogP contribution in [0.25, 0.3) is 0 Å². The van der Waals surface area contributed by atoms with Gasteiger partial charge in [0.1, 0.15) is 11.5 Å². The first kappa shape index (κ1) is 18.2. The van der Waals surface area contributed by atoms with Gasteiger partial charge in [-0.3, -0.25) is 0 Å². The molecule has 0 spiro atoms. The van der Waals surface area contributed by atoms with Crippen LogP contribution in [0.2, 0.25) is 0 Å². The maximum absolute atomic E-state index is 6.00. The molecule has 0 saturated carbocycles. The van der Waals surface area contributed by atoms with Crippen molar-refractivity contribution >= 4 is 5.69 Å². The molecule has 0 saturated heterocycles. The number of nitrogen functional groups attached to an aromatic ring is 1. The van der Waals surface area contributed by atoms with Gasteiger partial charge in [0.2, 0.25) is 0 Å². The summed E-state index contributed by atoms with van der Waals surface area (Å²) in [5.74, 6) is 2.35. The second-order valence-corrected chi connectivity index (χ2v) is 6.62. The number of hydrogen-bond acceptors (Lipinski definition) is 3. The Balaban J connectivity index is 1.76.